The number of hydrogen-bond donors (Lipinski definition) is 2. The fourth-order valence-corrected chi connectivity index (χ4v) is 3.12. The molecule has 1 aliphatic rings. The molecule has 3 N–H and O–H groups in total. The summed E-state index contributed by atoms with van der Waals surface area (Å²) < 4.78 is 22.2. The second kappa shape index (κ2) is 3.84. The molecular formula is C7H13NO5S. The number of carboxylic acid groups (broad SMARTS) is 1. The summed E-state index contributed by atoms with van der Waals surface area (Å²) in [6.45, 7) is -0.141. The van der Waals surface area contributed by atoms with Crippen molar-refractivity contribution in [3.8, 4) is 0 Å². The summed E-state index contributed by atoms with van der Waals surface area (Å²) in [5, 5.41) is 8.96. The Bertz CT molecular complexity index is 309. The molecule has 0 aliphatic carbocycles. The summed E-state index contributed by atoms with van der Waals surface area (Å²) >= 11 is 0. The fourth-order valence-electron chi connectivity index (χ4n) is 1.51. The van der Waals surface area contributed by atoms with Crippen LogP contribution in [0.1, 0.15) is 12.8 Å². The molecule has 0 saturated carbocycles. The predicted octanol–water partition coefficient (Wildman–Crippen LogP) is -0.844. The molecule has 0 aromatic rings. The quantitative estimate of drug-likeness (QED) is 0.604. The minimum Gasteiger partial charge on any atom is -0.481 e. The van der Waals surface area contributed by atoms with Gasteiger partial charge in [0.05, 0.1) is 23.5 Å². The van der Waals surface area contributed by atoms with E-state index in [1.165, 1.54) is 0 Å². The van der Waals surface area contributed by atoms with Gasteiger partial charge in [0.1, 0.15) is 9.84 Å². The van der Waals surface area contributed by atoms with Crippen LogP contribution in [-0.4, -0.2) is 37.6 Å². The summed E-state index contributed by atoms with van der Waals surface area (Å²) in [7, 11) is -3.07. The molecule has 82 valence electrons. The van der Waals surface area contributed by atoms with Crippen molar-refractivity contribution in [2.24, 2.45) is 11.3 Å². The van der Waals surface area contributed by atoms with E-state index < -0.39 is 21.2 Å². The molecule has 1 rings (SSSR count). The Morgan fingerprint density at radius 3 is 2.29 bits per heavy atom. The van der Waals surface area contributed by atoms with Gasteiger partial charge in [-0.25, -0.2) is 14.3 Å². The van der Waals surface area contributed by atoms with Crippen molar-refractivity contribution in [2.75, 3.05) is 18.1 Å². The van der Waals surface area contributed by atoms with Crippen molar-refractivity contribution in [3.63, 3.8) is 0 Å². The molecule has 0 amide bonds. The molecule has 1 saturated heterocycles. The van der Waals surface area contributed by atoms with Gasteiger partial charge in [0.15, 0.2) is 0 Å². The van der Waals surface area contributed by atoms with Crippen LogP contribution in [0.3, 0.4) is 0 Å². The summed E-state index contributed by atoms with van der Waals surface area (Å²) in [6, 6.07) is 0. The molecule has 0 radical (unpaired) electrons. The minimum absolute atomic E-state index is 0.0713. The lowest BCUT2D eigenvalue weighted by Gasteiger charge is -2.31. The van der Waals surface area contributed by atoms with E-state index in [1.807, 2.05) is 0 Å². The van der Waals surface area contributed by atoms with E-state index in [1.54, 1.807) is 0 Å². The Morgan fingerprint density at radius 2 is 1.93 bits per heavy atom. The van der Waals surface area contributed by atoms with E-state index in [0.29, 0.717) is 0 Å². The molecular weight excluding hydrogens is 210 g/mol. The van der Waals surface area contributed by atoms with Crippen molar-refractivity contribution >= 4 is 15.8 Å². The number of hydrogen-bond acceptors (Lipinski definition) is 5. The molecule has 0 spiro atoms. The van der Waals surface area contributed by atoms with Crippen LogP contribution < -0.4 is 5.90 Å². The van der Waals surface area contributed by atoms with E-state index in [4.69, 9.17) is 11.0 Å². The third-order valence-electron chi connectivity index (χ3n) is 2.60. The van der Waals surface area contributed by atoms with Crippen LogP contribution >= 0.6 is 0 Å². The van der Waals surface area contributed by atoms with Crippen molar-refractivity contribution in [2.45, 2.75) is 12.8 Å². The molecule has 1 fully saturated rings. The monoisotopic (exact) mass is 223 g/mol. The molecule has 1 heterocycles. The summed E-state index contributed by atoms with van der Waals surface area (Å²) in [6.07, 6.45) is 0.143. The number of carbonyl (C=O) groups is 1. The molecule has 0 unspecified atom stereocenters. The van der Waals surface area contributed by atoms with Crippen LogP contribution in [0.15, 0.2) is 0 Å². The van der Waals surface area contributed by atoms with Gasteiger partial charge in [0.25, 0.3) is 0 Å². The van der Waals surface area contributed by atoms with E-state index in [-0.39, 0.29) is 31.0 Å². The van der Waals surface area contributed by atoms with Crippen LogP contribution in [0.4, 0.5) is 0 Å². The van der Waals surface area contributed by atoms with Gasteiger partial charge in [0.2, 0.25) is 0 Å². The molecule has 0 aromatic carbocycles. The average molecular weight is 223 g/mol. The van der Waals surface area contributed by atoms with E-state index in [0.717, 1.165) is 0 Å². The number of rotatable bonds is 3. The van der Waals surface area contributed by atoms with Crippen LogP contribution in [0, 0.1) is 5.41 Å². The first-order valence-corrected chi connectivity index (χ1v) is 5.99. The zero-order chi connectivity index (χ0) is 10.8. The normalized spacial score (nSPS) is 24.4. The second-order valence-corrected chi connectivity index (χ2v) is 5.85. The molecule has 6 nitrogen and oxygen atoms in total. The van der Waals surface area contributed by atoms with Gasteiger partial charge in [0, 0.05) is 0 Å². The van der Waals surface area contributed by atoms with Gasteiger partial charge in [-0.15, -0.1) is 0 Å². The zero-order valence-electron chi connectivity index (χ0n) is 7.60. The van der Waals surface area contributed by atoms with Crippen molar-refractivity contribution in [1.82, 2.24) is 0 Å². The lowest BCUT2D eigenvalue weighted by molar-refractivity contribution is -0.154. The smallest absolute Gasteiger partial charge is 0.312 e. The van der Waals surface area contributed by atoms with Crippen LogP contribution in [0.25, 0.3) is 0 Å². The molecule has 0 atom stereocenters. The Balaban J connectivity index is 2.79. The lowest BCUT2D eigenvalue weighted by atomic mass is 9.83. The Labute approximate surface area is 81.9 Å². The number of carboxylic acids is 1. The van der Waals surface area contributed by atoms with Crippen molar-refractivity contribution in [1.29, 1.82) is 0 Å². The summed E-state index contributed by atoms with van der Waals surface area (Å²) in [4.78, 5) is 15.3. The Hall–Kier alpha value is -0.660. The molecule has 0 bridgehead atoms. The van der Waals surface area contributed by atoms with Gasteiger partial charge >= 0.3 is 5.97 Å². The molecule has 0 aromatic heterocycles. The largest absolute Gasteiger partial charge is 0.481 e. The highest BCUT2D eigenvalue weighted by molar-refractivity contribution is 7.91. The van der Waals surface area contributed by atoms with Gasteiger partial charge in [-0.05, 0) is 12.8 Å². The number of nitrogens with two attached hydrogens (primary N) is 1. The first kappa shape index (κ1) is 11.4. The highest BCUT2D eigenvalue weighted by atomic mass is 32.2. The van der Waals surface area contributed by atoms with E-state index >= 15 is 0 Å². The minimum atomic E-state index is -3.07. The Kier molecular flexibility index (Phi) is 3.13. The predicted molar refractivity (Wildman–Crippen MR) is 48.1 cm³/mol. The lowest BCUT2D eigenvalue weighted by Crippen LogP contribution is -2.43. The van der Waals surface area contributed by atoms with Gasteiger partial charge in [-0.1, -0.05) is 0 Å². The molecule has 7 heteroatoms. The average Bonchev–Trinajstić information content (AvgIpc) is 2.09. The van der Waals surface area contributed by atoms with E-state index in [2.05, 4.69) is 4.84 Å². The maximum Gasteiger partial charge on any atom is 0.312 e. The van der Waals surface area contributed by atoms with Crippen LogP contribution in [-0.2, 0) is 19.5 Å². The molecule has 14 heavy (non-hydrogen) atoms. The number of sulfone groups is 1. The van der Waals surface area contributed by atoms with Gasteiger partial charge < -0.3 is 9.94 Å². The highest BCUT2D eigenvalue weighted by Crippen LogP contribution is 2.32. The van der Waals surface area contributed by atoms with Gasteiger partial charge in [-0.2, -0.15) is 0 Å². The summed E-state index contributed by atoms with van der Waals surface area (Å²) in [5.74, 6) is 3.58. The van der Waals surface area contributed by atoms with Crippen molar-refractivity contribution < 1.29 is 23.2 Å². The third-order valence-corrected chi connectivity index (χ3v) is 4.25. The standard InChI is InChI=1S/C7H13NO5S/c8-13-5-7(6(9)10)1-3-14(11,12)4-2-7/h1-5,8H2,(H,9,10). The SMILES string of the molecule is NOCC1(C(=O)O)CCS(=O)(=O)CC1. The maximum atomic E-state index is 11.1. The fraction of sp³-hybridized carbons (Fsp3) is 0.857. The highest BCUT2D eigenvalue weighted by Gasteiger charge is 2.43. The van der Waals surface area contributed by atoms with Crippen molar-refractivity contribution in [3.05, 3.63) is 0 Å². The molecule has 1 aliphatic heterocycles. The Morgan fingerprint density at radius 1 is 1.43 bits per heavy atom. The maximum absolute atomic E-state index is 11.1. The van der Waals surface area contributed by atoms with E-state index in [9.17, 15) is 13.2 Å². The first-order valence-electron chi connectivity index (χ1n) is 4.17. The zero-order valence-corrected chi connectivity index (χ0v) is 8.42. The first-order chi connectivity index (χ1) is 6.42. The second-order valence-electron chi connectivity index (χ2n) is 3.55. The van der Waals surface area contributed by atoms with Crippen LogP contribution in [0.2, 0.25) is 0 Å². The van der Waals surface area contributed by atoms with Gasteiger partial charge in [-0.3, -0.25) is 4.79 Å². The third kappa shape index (κ3) is 2.23. The topological polar surface area (TPSA) is 107 Å². The van der Waals surface area contributed by atoms with Crippen LogP contribution in [0.5, 0.6) is 0 Å². The summed E-state index contributed by atoms with van der Waals surface area (Å²) in [5.41, 5.74) is -1.12. The number of aliphatic carboxylic acids is 1.